The first-order valence-electron chi connectivity index (χ1n) is 5.75. The third-order valence-corrected chi connectivity index (χ3v) is 3.65. The molecule has 1 aromatic rings. The van der Waals surface area contributed by atoms with Crippen LogP contribution in [-0.4, -0.2) is 44.8 Å². The van der Waals surface area contributed by atoms with Crippen LogP contribution in [0.2, 0.25) is 0 Å². The molecule has 1 aliphatic heterocycles. The van der Waals surface area contributed by atoms with Gasteiger partial charge in [0.1, 0.15) is 6.54 Å². The Morgan fingerprint density at radius 1 is 1.44 bits per heavy atom. The van der Waals surface area contributed by atoms with Gasteiger partial charge in [0.2, 0.25) is 5.91 Å². The minimum Gasteiger partial charge on any atom is -0.481 e. The van der Waals surface area contributed by atoms with Crippen LogP contribution in [0.1, 0.15) is 12.8 Å². The number of hydrogen-bond donors (Lipinski definition) is 1. The molecule has 0 aliphatic carbocycles. The number of carboxylic acid groups (broad SMARTS) is 1. The lowest BCUT2D eigenvalue weighted by atomic mass is 9.97. The van der Waals surface area contributed by atoms with Gasteiger partial charge in [-0.05, 0) is 35.4 Å². The highest BCUT2D eigenvalue weighted by molar-refractivity contribution is 14.1. The molecule has 1 fully saturated rings. The van der Waals surface area contributed by atoms with E-state index in [4.69, 9.17) is 5.11 Å². The van der Waals surface area contributed by atoms with Crippen molar-refractivity contribution >= 4 is 34.5 Å². The number of likely N-dealkylation sites (tertiary alicyclic amines) is 1. The maximum atomic E-state index is 12.0. The second-order valence-corrected chi connectivity index (χ2v) is 5.60. The molecule has 1 saturated heterocycles. The lowest BCUT2D eigenvalue weighted by Crippen LogP contribution is -2.41. The second kappa shape index (κ2) is 5.68. The largest absolute Gasteiger partial charge is 0.481 e. The summed E-state index contributed by atoms with van der Waals surface area (Å²) in [7, 11) is 0. The number of aliphatic carboxylic acids is 1. The van der Waals surface area contributed by atoms with Crippen molar-refractivity contribution in [3.05, 3.63) is 16.0 Å². The van der Waals surface area contributed by atoms with E-state index in [2.05, 4.69) is 27.7 Å². The summed E-state index contributed by atoms with van der Waals surface area (Å²) < 4.78 is 2.60. The predicted molar refractivity (Wildman–Crippen MR) is 71.9 cm³/mol. The molecule has 0 saturated carbocycles. The minimum atomic E-state index is -0.760. The quantitative estimate of drug-likeness (QED) is 0.807. The Hall–Kier alpha value is -1.12. The number of hydrogen-bond acceptors (Lipinski definition) is 3. The average Bonchev–Trinajstić information content (AvgIpc) is 2.75. The number of carboxylic acids is 1. The summed E-state index contributed by atoms with van der Waals surface area (Å²) in [6.45, 7) is 1.27. The summed E-state index contributed by atoms with van der Waals surface area (Å²) in [5, 5.41) is 12.9. The smallest absolute Gasteiger partial charge is 0.306 e. The van der Waals surface area contributed by atoms with E-state index in [1.807, 2.05) is 6.20 Å². The Balaban J connectivity index is 1.86. The fourth-order valence-corrected chi connectivity index (χ4v) is 2.49. The topological polar surface area (TPSA) is 75.4 Å². The summed E-state index contributed by atoms with van der Waals surface area (Å²) in [6.07, 6.45) is 4.59. The molecule has 2 heterocycles. The maximum Gasteiger partial charge on any atom is 0.306 e. The van der Waals surface area contributed by atoms with Crippen molar-refractivity contribution < 1.29 is 14.7 Å². The minimum absolute atomic E-state index is 0.00154. The molecular weight excluding hydrogens is 349 g/mol. The van der Waals surface area contributed by atoms with Crippen molar-refractivity contribution in [1.29, 1.82) is 0 Å². The van der Waals surface area contributed by atoms with Crippen LogP contribution < -0.4 is 0 Å². The molecule has 1 amide bonds. The monoisotopic (exact) mass is 363 g/mol. The van der Waals surface area contributed by atoms with Gasteiger partial charge in [-0.3, -0.25) is 14.3 Å². The molecule has 0 aromatic carbocycles. The Labute approximate surface area is 118 Å². The molecule has 0 atom stereocenters. The molecule has 0 spiro atoms. The van der Waals surface area contributed by atoms with E-state index in [0.717, 1.165) is 3.57 Å². The van der Waals surface area contributed by atoms with Crippen LogP contribution in [0.5, 0.6) is 0 Å². The van der Waals surface area contributed by atoms with Crippen LogP contribution in [0.3, 0.4) is 0 Å². The van der Waals surface area contributed by atoms with E-state index in [0.29, 0.717) is 25.9 Å². The normalized spacial score (nSPS) is 16.8. The number of carbonyl (C=O) groups excluding carboxylic acids is 1. The van der Waals surface area contributed by atoms with Crippen LogP contribution in [0, 0.1) is 9.49 Å². The van der Waals surface area contributed by atoms with Gasteiger partial charge in [-0.2, -0.15) is 5.10 Å². The third kappa shape index (κ3) is 3.21. The molecule has 2 rings (SSSR count). The first-order chi connectivity index (χ1) is 8.56. The molecular formula is C11H14IN3O3. The summed E-state index contributed by atoms with van der Waals surface area (Å²) in [6, 6.07) is 0. The highest BCUT2D eigenvalue weighted by Gasteiger charge is 2.26. The highest BCUT2D eigenvalue weighted by Crippen LogP contribution is 2.17. The standard InChI is InChI=1S/C11H14IN3O3/c12-9-5-13-15(6-9)7-10(16)14-3-1-8(2-4-14)11(17)18/h5-6,8H,1-4,7H2,(H,17,18). The van der Waals surface area contributed by atoms with Crippen molar-refractivity contribution in [3.8, 4) is 0 Å². The molecule has 1 aromatic heterocycles. The van der Waals surface area contributed by atoms with Crippen molar-refractivity contribution in [1.82, 2.24) is 14.7 Å². The van der Waals surface area contributed by atoms with Gasteiger partial charge in [0.25, 0.3) is 0 Å². The molecule has 0 unspecified atom stereocenters. The van der Waals surface area contributed by atoms with Crippen LogP contribution in [-0.2, 0) is 16.1 Å². The van der Waals surface area contributed by atoms with E-state index in [-0.39, 0.29) is 18.4 Å². The zero-order chi connectivity index (χ0) is 13.1. The molecule has 0 bridgehead atoms. The van der Waals surface area contributed by atoms with Crippen molar-refractivity contribution in [3.63, 3.8) is 0 Å². The zero-order valence-electron chi connectivity index (χ0n) is 9.75. The van der Waals surface area contributed by atoms with Gasteiger partial charge in [0, 0.05) is 19.3 Å². The van der Waals surface area contributed by atoms with E-state index in [9.17, 15) is 9.59 Å². The van der Waals surface area contributed by atoms with Gasteiger partial charge in [-0.25, -0.2) is 0 Å². The predicted octanol–water partition coefficient (Wildman–Crippen LogP) is 0.811. The van der Waals surface area contributed by atoms with Gasteiger partial charge in [0.05, 0.1) is 15.7 Å². The molecule has 6 nitrogen and oxygen atoms in total. The highest BCUT2D eigenvalue weighted by atomic mass is 127. The molecule has 1 aliphatic rings. The number of aromatic nitrogens is 2. The van der Waals surface area contributed by atoms with E-state index in [1.54, 1.807) is 15.8 Å². The fourth-order valence-electron chi connectivity index (χ4n) is 2.04. The number of carbonyl (C=O) groups is 2. The number of halogens is 1. The Kier molecular flexibility index (Phi) is 4.20. The van der Waals surface area contributed by atoms with Crippen molar-refractivity contribution in [2.24, 2.45) is 5.92 Å². The zero-order valence-corrected chi connectivity index (χ0v) is 11.9. The Morgan fingerprint density at radius 3 is 2.61 bits per heavy atom. The Morgan fingerprint density at radius 2 is 2.11 bits per heavy atom. The lowest BCUT2D eigenvalue weighted by molar-refractivity contribution is -0.145. The lowest BCUT2D eigenvalue weighted by Gasteiger charge is -2.30. The van der Waals surface area contributed by atoms with Gasteiger partial charge >= 0.3 is 5.97 Å². The summed E-state index contributed by atoms with van der Waals surface area (Å²) >= 11 is 2.14. The van der Waals surface area contributed by atoms with Crippen LogP contribution in [0.25, 0.3) is 0 Å². The van der Waals surface area contributed by atoms with Gasteiger partial charge < -0.3 is 10.0 Å². The van der Waals surface area contributed by atoms with Crippen LogP contribution in [0.4, 0.5) is 0 Å². The Bertz CT molecular complexity index is 452. The van der Waals surface area contributed by atoms with Gasteiger partial charge in [-0.15, -0.1) is 0 Å². The summed E-state index contributed by atoms with van der Waals surface area (Å²) in [5.74, 6) is -1.07. The SMILES string of the molecule is O=C(O)C1CCN(C(=O)Cn2cc(I)cn2)CC1. The maximum absolute atomic E-state index is 12.0. The first kappa shape index (κ1) is 13.3. The number of rotatable bonds is 3. The van der Waals surface area contributed by atoms with Crippen LogP contribution >= 0.6 is 22.6 Å². The third-order valence-electron chi connectivity index (χ3n) is 3.10. The number of amides is 1. The number of piperidine rings is 1. The van der Waals surface area contributed by atoms with E-state index < -0.39 is 5.97 Å². The van der Waals surface area contributed by atoms with Crippen molar-refractivity contribution in [2.45, 2.75) is 19.4 Å². The molecule has 0 radical (unpaired) electrons. The van der Waals surface area contributed by atoms with Crippen molar-refractivity contribution in [2.75, 3.05) is 13.1 Å². The average molecular weight is 363 g/mol. The summed E-state index contributed by atoms with van der Waals surface area (Å²) in [4.78, 5) is 24.5. The summed E-state index contributed by atoms with van der Waals surface area (Å²) in [5.41, 5.74) is 0. The van der Waals surface area contributed by atoms with E-state index in [1.165, 1.54) is 0 Å². The second-order valence-electron chi connectivity index (χ2n) is 4.35. The fraction of sp³-hybridized carbons (Fsp3) is 0.545. The molecule has 98 valence electrons. The van der Waals surface area contributed by atoms with Gasteiger partial charge in [0.15, 0.2) is 0 Å². The van der Waals surface area contributed by atoms with Crippen LogP contribution in [0.15, 0.2) is 12.4 Å². The molecule has 1 N–H and O–H groups in total. The molecule has 18 heavy (non-hydrogen) atoms. The van der Waals surface area contributed by atoms with Gasteiger partial charge in [-0.1, -0.05) is 0 Å². The first-order valence-corrected chi connectivity index (χ1v) is 6.82. The van der Waals surface area contributed by atoms with E-state index >= 15 is 0 Å². The molecule has 7 heteroatoms. The number of nitrogens with zero attached hydrogens (tertiary/aromatic N) is 3.